The molecule has 0 amide bonds. The Kier molecular flexibility index (Phi) is 6.61. The summed E-state index contributed by atoms with van der Waals surface area (Å²) in [7, 11) is 0. The first-order chi connectivity index (χ1) is 12.1. The van der Waals surface area contributed by atoms with Crippen LogP contribution in [-0.4, -0.2) is 86.1 Å². The molecule has 144 valence electrons. The number of guanidine groups is 1. The summed E-state index contributed by atoms with van der Waals surface area (Å²) < 4.78 is 0. The minimum Gasteiger partial charge on any atom is -0.357 e. The molecule has 5 heteroatoms. The zero-order chi connectivity index (χ0) is 17.7. The lowest BCUT2D eigenvalue weighted by molar-refractivity contribution is 0.125. The zero-order valence-corrected chi connectivity index (χ0v) is 16.8. The molecule has 1 unspecified atom stereocenters. The van der Waals surface area contributed by atoms with Crippen molar-refractivity contribution in [2.45, 2.75) is 46.5 Å². The lowest BCUT2D eigenvalue weighted by atomic mass is 9.68. The van der Waals surface area contributed by atoms with E-state index < -0.39 is 0 Å². The lowest BCUT2D eigenvalue weighted by Crippen LogP contribution is -2.47. The van der Waals surface area contributed by atoms with E-state index >= 15 is 0 Å². The monoisotopic (exact) mass is 349 g/mol. The molecule has 2 heterocycles. The van der Waals surface area contributed by atoms with Crippen molar-refractivity contribution in [3.05, 3.63) is 0 Å². The molecule has 1 N–H and O–H groups in total. The number of hydrogen-bond donors (Lipinski definition) is 1. The SMILES string of the molecule is CCNC(=NCC(C)CN1CCN(CC)CC1)N1CCC2(CCC2)C1. The molecular formula is C20H39N5. The highest BCUT2D eigenvalue weighted by molar-refractivity contribution is 5.80. The molecular weight excluding hydrogens is 310 g/mol. The maximum Gasteiger partial charge on any atom is 0.193 e. The lowest BCUT2D eigenvalue weighted by Gasteiger charge is -2.38. The van der Waals surface area contributed by atoms with Gasteiger partial charge in [-0.3, -0.25) is 4.99 Å². The van der Waals surface area contributed by atoms with E-state index in [1.54, 1.807) is 0 Å². The number of nitrogens with one attached hydrogen (secondary N) is 1. The maximum absolute atomic E-state index is 5.01. The van der Waals surface area contributed by atoms with Crippen molar-refractivity contribution >= 4 is 5.96 Å². The summed E-state index contributed by atoms with van der Waals surface area (Å²) in [4.78, 5) is 12.7. The first kappa shape index (κ1) is 19.0. The third-order valence-electron chi connectivity index (χ3n) is 6.52. The van der Waals surface area contributed by atoms with Crippen LogP contribution < -0.4 is 5.32 Å². The van der Waals surface area contributed by atoms with Gasteiger partial charge in [-0.1, -0.05) is 20.3 Å². The number of hydrogen-bond acceptors (Lipinski definition) is 3. The van der Waals surface area contributed by atoms with Crippen molar-refractivity contribution in [2.75, 3.05) is 65.4 Å². The summed E-state index contributed by atoms with van der Waals surface area (Å²) in [6.07, 6.45) is 5.67. The van der Waals surface area contributed by atoms with E-state index in [2.05, 4.69) is 40.8 Å². The second-order valence-electron chi connectivity index (χ2n) is 8.56. The highest BCUT2D eigenvalue weighted by Gasteiger charge is 2.43. The summed E-state index contributed by atoms with van der Waals surface area (Å²) in [6.45, 7) is 18.4. The molecule has 5 nitrogen and oxygen atoms in total. The first-order valence-corrected chi connectivity index (χ1v) is 10.6. The van der Waals surface area contributed by atoms with Gasteiger partial charge >= 0.3 is 0 Å². The average Bonchev–Trinajstić information content (AvgIpc) is 3.05. The van der Waals surface area contributed by atoms with Crippen molar-refractivity contribution in [3.8, 4) is 0 Å². The molecule has 0 radical (unpaired) electrons. The fraction of sp³-hybridized carbons (Fsp3) is 0.950. The summed E-state index contributed by atoms with van der Waals surface area (Å²) >= 11 is 0. The molecule has 1 saturated carbocycles. The Morgan fingerprint density at radius 1 is 1.04 bits per heavy atom. The number of likely N-dealkylation sites (N-methyl/N-ethyl adjacent to an activating group) is 1. The Bertz CT molecular complexity index is 437. The molecule has 3 rings (SSSR count). The van der Waals surface area contributed by atoms with Crippen molar-refractivity contribution in [1.29, 1.82) is 0 Å². The van der Waals surface area contributed by atoms with Crippen LogP contribution >= 0.6 is 0 Å². The quantitative estimate of drug-likeness (QED) is 0.588. The molecule has 1 atom stereocenters. The van der Waals surface area contributed by atoms with Crippen LogP contribution in [0.1, 0.15) is 46.5 Å². The molecule has 25 heavy (non-hydrogen) atoms. The third kappa shape index (κ3) is 4.88. The minimum atomic E-state index is 0.627. The van der Waals surface area contributed by atoms with Crippen LogP contribution in [0.3, 0.4) is 0 Å². The Hall–Kier alpha value is -0.810. The summed E-state index contributed by atoms with van der Waals surface area (Å²) in [5.41, 5.74) is 0.640. The van der Waals surface area contributed by atoms with Crippen LogP contribution in [0, 0.1) is 11.3 Å². The number of nitrogens with zero attached hydrogens (tertiary/aromatic N) is 4. The highest BCUT2D eigenvalue weighted by Crippen LogP contribution is 2.47. The predicted molar refractivity (Wildman–Crippen MR) is 106 cm³/mol. The van der Waals surface area contributed by atoms with E-state index in [0.717, 1.165) is 19.0 Å². The van der Waals surface area contributed by atoms with E-state index in [-0.39, 0.29) is 0 Å². The van der Waals surface area contributed by atoms with E-state index in [0.29, 0.717) is 11.3 Å². The molecule has 0 aromatic rings. The van der Waals surface area contributed by atoms with Crippen molar-refractivity contribution in [3.63, 3.8) is 0 Å². The van der Waals surface area contributed by atoms with Crippen LogP contribution in [-0.2, 0) is 0 Å². The van der Waals surface area contributed by atoms with Crippen molar-refractivity contribution in [2.24, 2.45) is 16.3 Å². The molecule has 3 aliphatic rings. The number of piperazine rings is 1. The zero-order valence-electron chi connectivity index (χ0n) is 16.8. The molecule has 2 aliphatic heterocycles. The van der Waals surface area contributed by atoms with Gasteiger partial charge < -0.3 is 20.0 Å². The van der Waals surface area contributed by atoms with Gasteiger partial charge in [0.05, 0.1) is 0 Å². The normalized spacial score (nSPS) is 26.0. The van der Waals surface area contributed by atoms with Gasteiger partial charge in [-0.25, -0.2) is 0 Å². The Morgan fingerprint density at radius 3 is 2.32 bits per heavy atom. The Morgan fingerprint density at radius 2 is 1.76 bits per heavy atom. The number of likely N-dealkylation sites (tertiary alicyclic amines) is 1. The third-order valence-corrected chi connectivity index (χ3v) is 6.52. The molecule has 0 aromatic heterocycles. The fourth-order valence-corrected chi connectivity index (χ4v) is 4.66. The van der Waals surface area contributed by atoms with Gasteiger partial charge in [0.15, 0.2) is 5.96 Å². The highest BCUT2D eigenvalue weighted by atomic mass is 15.3. The molecule has 1 aliphatic carbocycles. The standard InChI is InChI=1S/C20H39N5/c1-4-21-19(25-10-9-20(17-25)7-6-8-20)22-15-18(3)16-24-13-11-23(5-2)12-14-24/h18H,4-17H2,1-3H3,(H,21,22). The number of aliphatic imine (C=N–C) groups is 1. The van der Waals surface area contributed by atoms with Crippen LogP contribution in [0.5, 0.6) is 0 Å². The Labute approximate surface area is 154 Å². The van der Waals surface area contributed by atoms with Gasteiger partial charge in [-0.2, -0.15) is 0 Å². The minimum absolute atomic E-state index is 0.627. The second kappa shape index (κ2) is 8.72. The Balaban J connectivity index is 1.46. The van der Waals surface area contributed by atoms with Crippen LogP contribution in [0.4, 0.5) is 0 Å². The molecule has 3 fully saturated rings. The largest absolute Gasteiger partial charge is 0.357 e. The van der Waals surface area contributed by atoms with Gasteiger partial charge in [-0.15, -0.1) is 0 Å². The van der Waals surface area contributed by atoms with Crippen LogP contribution in [0.15, 0.2) is 4.99 Å². The molecule has 0 bridgehead atoms. The smallest absolute Gasteiger partial charge is 0.193 e. The number of rotatable bonds is 6. The first-order valence-electron chi connectivity index (χ1n) is 10.6. The van der Waals surface area contributed by atoms with Crippen LogP contribution in [0.25, 0.3) is 0 Å². The van der Waals surface area contributed by atoms with E-state index in [9.17, 15) is 0 Å². The van der Waals surface area contributed by atoms with Crippen molar-refractivity contribution < 1.29 is 0 Å². The van der Waals surface area contributed by atoms with E-state index in [1.165, 1.54) is 78.0 Å². The molecule has 1 spiro atoms. The summed E-state index contributed by atoms with van der Waals surface area (Å²) in [5.74, 6) is 1.79. The topological polar surface area (TPSA) is 34.1 Å². The van der Waals surface area contributed by atoms with Crippen LogP contribution in [0.2, 0.25) is 0 Å². The van der Waals surface area contributed by atoms with E-state index in [1.807, 2.05) is 0 Å². The predicted octanol–water partition coefficient (Wildman–Crippen LogP) is 2.10. The van der Waals surface area contributed by atoms with Gasteiger partial charge in [0.2, 0.25) is 0 Å². The van der Waals surface area contributed by atoms with Crippen molar-refractivity contribution in [1.82, 2.24) is 20.0 Å². The van der Waals surface area contributed by atoms with E-state index in [4.69, 9.17) is 4.99 Å². The average molecular weight is 350 g/mol. The van der Waals surface area contributed by atoms with Gasteiger partial charge in [0.1, 0.15) is 0 Å². The second-order valence-corrected chi connectivity index (χ2v) is 8.56. The fourth-order valence-electron chi connectivity index (χ4n) is 4.66. The molecule has 2 saturated heterocycles. The van der Waals surface area contributed by atoms with Gasteiger partial charge in [-0.05, 0) is 44.1 Å². The maximum atomic E-state index is 5.01. The van der Waals surface area contributed by atoms with Gasteiger partial charge in [0, 0.05) is 58.9 Å². The summed E-state index contributed by atoms with van der Waals surface area (Å²) in [6, 6.07) is 0. The van der Waals surface area contributed by atoms with Gasteiger partial charge in [0.25, 0.3) is 0 Å². The molecule has 0 aromatic carbocycles. The summed E-state index contributed by atoms with van der Waals surface area (Å²) in [5, 5.41) is 3.54.